The molecule has 0 aromatic carbocycles. The Hall–Kier alpha value is -3.06. The van der Waals surface area contributed by atoms with Crippen LogP contribution >= 0.6 is 0 Å². The van der Waals surface area contributed by atoms with Crippen LogP contribution in [0.1, 0.15) is 58.8 Å². The first kappa shape index (κ1) is 30.2. The fourth-order valence-electron chi connectivity index (χ4n) is 4.68. The van der Waals surface area contributed by atoms with Gasteiger partial charge in [-0.05, 0) is 38.0 Å². The SMILES string of the molecule is CC[C@H](C)[C@H](NC(=O)[C@@H](N)CO)C(=O)N1CCC[C@H]1C(=O)N1CCC[C@H]1C(=O)N[C@H]([C]=O)CCC(=O)O. The summed E-state index contributed by atoms with van der Waals surface area (Å²) in [6.07, 6.45) is 3.67. The van der Waals surface area contributed by atoms with Crippen LogP contribution in [0.15, 0.2) is 0 Å². The van der Waals surface area contributed by atoms with E-state index in [4.69, 9.17) is 10.8 Å². The van der Waals surface area contributed by atoms with Crippen molar-refractivity contribution < 1.29 is 39.0 Å². The molecule has 0 unspecified atom stereocenters. The van der Waals surface area contributed by atoms with Crippen molar-refractivity contribution in [1.29, 1.82) is 0 Å². The summed E-state index contributed by atoms with van der Waals surface area (Å²) in [5, 5.41) is 23.1. The number of likely N-dealkylation sites (tertiary alicyclic amines) is 2. The monoisotopic (exact) mass is 524 g/mol. The Kier molecular flexibility index (Phi) is 11.4. The van der Waals surface area contributed by atoms with Gasteiger partial charge in [-0.1, -0.05) is 20.3 Å². The van der Waals surface area contributed by atoms with E-state index in [9.17, 15) is 33.9 Å². The van der Waals surface area contributed by atoms with E-state index in [2.05, 4.69) is 10.6 Å². The van der Waals surface area contributed by atoms with Gasteiger partial charge >= 0.3 is 5.97 Å². The summed E-state index contributed by atoms with van der Waals surface area (Å²) in [5.74, 6) is -3.41. The molecular weight excluding hydrogens is 486 g/mol. The molecular formula is C24H38N5O8. The number of aliphatic hydroxyl groups excluding tert-OH is 1. The molecule has 2 aliphatic rings. The molecule has 2 fully saturated rings. The van der Waals surface area contributed by atoms with Crippen molar-refractivity contribution in [2.24, 2.45) is 11.7 Å². The first-order chi connectivity index (χ1) is 17.5. The smallest absolute Gasteiger partial charge is 0.303 e. The zero-order valence-electron chi connectivity index (χ0n) is 21.4. The number of nitrogens with zero attached hydrogens (tertiary/aromatic N) is 2. The first-order valence-electron chi connectivity index (χ1n) is 12.7. The van der Waals surface area contributed by atoms with Crippen LogP contribution in [0.2, 0.25) is 0 Å². The number of carboxylic acid groups (broad SMARTS) is 1. The minimum absolute atomic E-state index is 0.112. The highest BCUT2D eigenvalue weighted by atomic mass is 16.4. The normalized spacial score (nSPS) is 22.6. The number of hydrogen-bond acceptors (Lipinski definition) is 8. The molecule has 1 radical (unpaired) electrons. The van der Waals surface area contributed by atoms with Crippen LogP contribution in [0.4, 0.5) is 0 Å². The third kappa shape index (κ3) is 7.71. The van der Waals surface area contributed by atoms with Crippen LogP contribution in [0, 0.1) is 5.92 Å². The largest absolute Gasteiger partial charge is 0.481 e. The lowest BCUT2D eigenvalue weighted by molar-refractivity contribution is -0.148. The van der Waals surface area contributed by atoms with Gasteiger partial charge in [-0.25, -0.2) is 0 Å². The average molecular weight is 525 g/mol. The molecule has 2 rings (SSSR count). The van der Waals surface area contributed by atoms with Gasteiger partial charge in [-0.3, -0.25) is 28.8 Å². The minimum atomic E-state index is -1.18. The predicted molar refractivity (Wildman–Crippen MR) is 130 cm³/mol. The average Bonchev–Trinajstić information content (AvgIpc) is 3.57. The third-order valence-corrected chi connectivity index (χ3v) is 7.08. The predicted octanol–water partition coefficient (Wildman–Crippen LogP) is -1.72. The minimum Gasteiger partial charge on any atom is -0.481 e. The molecule has 2 saturated heterocycles. The van der Waals surface area contributed by atoms with Gasteiger partial charge in [0.1, 0.15) is 24.2 Å². The highest BCUT2D eigenvalue weighted by Gasteiger charge is 2.44. The Morgan fingerprint density at radius 3 is 2.24 bits per heavy atom. The molecule has 2 aliphatic heterocycles. The molecule has 2 heterocycles. The Morgan fingerprint density at radius 2 is 1.68 bits per heavy atom. The number of hydrogen-bond donors (Lipinski definition) is 5. The first-order valence-corrected chi connectivity index (χ1v) is 12.7. The lowest BCUT2D eigenvalue weighted by atomic mass is 9.97. The number of carboxylic acids is 1. The van der Waals surface area contributed by atoms with Crippen molar-refractivity contribution in [3.05, 3.63) is 0 Å². The number of aliphatic carboxylic acids is 1. The number of nitrogens with one attached hydrogen (secondary N) is 2. The number of aliphatic hydroxyl groups is 1. The van der Waals surface area contributed by atoms with Crippen LogP contribution in [-0.2, 0) is 28.8 Å². The van der Waals surface area contributed by atoms with E-state index in [0.29, 0.717) is 45.2 Å². The van der Waals surface area contributed by atoms with Crippen molar-refractivity contribution in [1.82, 2.24) is 20.4 Å². The lowest BCUT2D eigenvalue weighted by Gasteiger charge is -2.34. The Bertz CT molecular complexity index is 868. The maximum Gasteiger partial charge on any atom is 0.303 e. The molecule has 0 spiro atoms. The van der Waals surface area contributed by atoms with Crippen LogP contribution in [0.3, 0.4) is 0 Å². The molecule has 13 heteroatoms. The van der Waals surface area contributed by atoms with Gasteiger partial charge < -0.3 is 36.4 Å². The van der Waals surface area contributed by atoms with Gasteiger partial charge in [-0.15, -0.1) is 0 Å². The van der Waals surface area contributed by atoms with E-state index in [1.54, 1.807) is 13.2 Å². The molecule has 0 aliphatic carbocycles. The van der Waals surface area contributed by atoms with E-state index < -0.39 is 60.5 Å². The van der Waals surface area contributed by atoms with E-state index in [-0.39, 0.29) is 24.7 Å². The van der Waals surface area contributed by atoms with E-state index in [1.165, 1.54) is 9.80 Å². The zero-order valence-corrected chi connectivity index (χ0v) is 21.4. The fourth-order valence-corrected chi connectivity index (χ4v) is 4.68. The topological polar surface area (TPSA) is 199 Å². The van der Waals surface area contributed by atoms with E-state index >= 15 is 0 Å². The maximum absolute atomic E-state index is 13.5. The number of carbonyl (C=O) groups excluding carboxylic acids is 5. The number of nitrogens with two attached hydrogens (primary N) is 1. The maximum atomic E-state index is 13.5. The van der Waals surface area contributed by atoms with Gasteiger partial charge in [0.15, 0.2) is 0 Å². The second-order valence-electron chi connectivity index (χ2n) is 9.65. The molecule has 0 saturated carbocycles. The van der Waals surface area contributed by atoms with Crippen molar-refractivity contribution in [2.45, 2.75) is 89.0 Å². The van der Waals surface area contributed by atoms with E-state index in [0.717, 1.165) is 0 Å². The second kappa shape index (κ2) is 14.0. The van der Waals surface area contributed by atoms with Gasteiger partial charge in [0.2, 0.25) is 29.9 Å². The summed E-state index contributed by atoms with van der Waals surface area (Å²) in [5.41, 5.74) is 5.60. The van der Waals surface area contributed by atoms with Gasteiger partial charge in [0, 0.05) is 19.5 Å². The summed E-state index contributed by atoms with van der Waals surface area (Å²) in [7, 11) is 0. The lowest BCUT2D eigenvalue weighted by Crippen LogP contribution is -2.59. The van der Waals surface area contributed by atoms with Crippen molar-refractivity contribution in [3.63, 3.8) is 0 Å². The standard InChI is InChI=1S/C24H38N5O8/c1-3-14(2)20(27-21(34)16(25)13-31)24(37)29-11-5-7-18(29)23(36)28-10-4-6-17(28)22(35)26-15(12-30)8-9-19(32)33/h14-18,20,31H,3-11,13,25H2,1-2H3,(H,26,35)(H,27,34)(H,32,33)/t14-,15-,16-,17-,18-,20-/m0/s1. The van der Waals surface area contributed by atoms with Crippen molar-refractivity contribution in [3.8, 4) is 0 Å². The van der Waals surface area contributed by atoms with Gasteiger partial charge in [-0.2, -0.15) is 0 Å². The second-order valence-corrected chi connectivity index (χ2v) is 9.65. The summed E-state index contributed by atoms with van der Waals surface area (Å²) >= 11 is 0. The highest BCUT2D eigenvalue weighted by molar-refractivity contribution is 5.96. The van der Waals surface area contributed by atoms with Crippen LogP contribution < -0.4 is 16.4 Å². The van der Waals surface area contributed by atoms with Crippen LogP contribution in [-0.4, -0.2) is 106 Å². The van der Waals surface area contributed by atoms with Gasteiger partial charge in [0.25, 0.3) is 0 Å². The van der Waals surface area contributed by atoms with Crippen molar-refractivity contribution >= 4 is 35.9 Å². The highest BCUT2D eigenvalue weighted by Crippen LogP contribution is 2.27. The number of rotatable bonds is 13. The Labute approximate surface area is 216 Å². The Morgan fingerprint density at radius 1 is 1.05 bits per heavy atom. The fraction of sp³-hybridized carbons (Fsp3) is 0.750. The Balaban J connectivity index is 2.14. The van der Waals surface area contributed by atoms with Crippen LogP contribution in [0.25, 0.3) is 0 Å². The summed E-state index contributed by atoms with van der Waals surface area (Å²) in [4.78, 5) is 77.0. The van der Waals surface area contributed by atoms with Gasteiger partial charge in [0.05, 0.1) is 12.6 Å². The summed E-state index contributed by atoms with van der Waals surface area (Å²) in [6, 6.07) is -4.87. The third-order valence-electron chi connectivity index (χ3n) is 7.08. The molecule has 0 aromatic heterocycles. The summed E-state index contributed by atoms with van der Waals surface area (Å²) in [6.45, 7) is 3.70. The molecule has 6 atom stereocenters. The van der Waals surface area contributed by atoms with Crippen LogP contribution in [0.5, 0.6) is 0 Å². The molecule has 4 amide bonds. The van der Waals surface area contributed by atoms with E-state index in [1.807, 2.05) is 6.92 Å². The zero-order chi connectivity index (χ0) is 27.7. The number of amides is 4. The number of carbonyl (C=O) groups is 5. The molecule has 0 bridgehead atoms. The summed E-state index contributed by atoms with van der Waals surface area (Å²) < 4.78 is 0. The molecule has 37 heavy (non-hydrogen) atoms. The quantitative estimate of drug-likeness (QED) is 0.186. The molecule has 13 nitrogen and oxygen atoms in total. The molecule has 207 valence electrons. The molecule has 6 N–H and O–H groups in total. The molecule has 0 aromatic rings. The van der Waals surface area contributed by atoms with Crippen molar-refractivity contribution in [2.75, 3.05) is 19.7 Å².